The number of benzene rings is 1. The molecular weight excluding hydrogens is 307 g/mol. The summed E-state index contributed by atoms with van der Waals surface area (Å²) in [6, 6.07) is 5.30. The van der Waals surface area contributed by atoms with Gasteiger partial charge in [-0.25, -0.2) is 14.1 Å². The van der Waals surface area contributed by atoms with Crippen LogP contribution in [0.5, 0.6) is 0 Å². The highest BCUT2D eigenvalue weighted by Crippen LogP contribution is 2.21. The van der Waals surface area contributed by atoms with Gasteiger partial charge in [0.1, 0.15) is 24.2 Å². The lowest BCUT2D eigenvalue weighted by atomic mass is 10.1. The third-order valence-electron chi connectivity index (χ3n) is 4.51. The van der Waals surface area contributed by atoms with Crippen LogP contribution in [0.3, 0.4) is 0 Å². The smallest absolute Gasteiger partial charge is 0.149 e. The summed E-state index contributed by atoms with van der Waals surface area (Å²) in [4.78, 5) is 6.20. The van der Waals surface area contributed by atoms with Crippen molar-refractivity contribution in [2.45, 2.75) is 25.9 Å². The van der Waals surface area contributed by atoms with E-state index < -0.39 is 0 Å². The number of aromatic nitrogens is 5. The molecule has 4 rings (SSSR count). The Labute approximate surface area is 139 Å². The molecule has 0 saturated carbocycles. The van der Waals surface area contributed by atoms with Crippen LogP contribution in [0, 0.1) is 5.82 Å². The Hall–Kier alpha value is -2.54. The van der Waals surface area contributed by atoms with Crippen LogP contribution in [0.15, 0.2) is 37.1 Å². The van der Waals surface area contributed by atoms with Crippen LogP contribution >= 0.6 is 0 Å². The van der Waals surface area contributed by atoms with E-state index in [2.05, 4.69) is 20.1 Å². The van der Waals surface area contributed by atoms with Crippen molar-refractivity contribution in [1.29, 1.82) is 0 Å². The van der Waals surface area contributed by atoms with Crippen molar-refractivity contribution in [2.24, 2.45) is 7.05 Å². The van der Waals surface area contributed by atoms with Gasteiger partial charge in [-0.2, -0.15) is 10.2 Å². The molecule has 1 aliphatic rings. The number of halogens is 1. The quantitative estimate of drug-likeness (QED) is 0.739. The van der Waals surface area contributed by atoms with Crippen molar-refractivity contribution in [1.82, 2.24) is 29.4 Å². The SMILES string of the molecule is Cn1ncc2c1CCCN(Cc1ccc(-n3cncn3)c(F)c1)C2. The van der Waals surface area contributed by atoms with E-state index in [1.165, 1.54) is 28.6 Å². The third kappa shape index (κ3) is 2.82. The maximum absolute atomic E-state index is 14.4. The summed E-state index contributed by atoms with van der Waals surface area (Å²) in [7, 11) is 1.99. The first-order chi connectivity index (χ1) is 11.7. The molecule has 0 N–H and O–H groups in total. The molecule has 0 radical (unpaired) electrons. The minimum Gasteiger partial charge on any atom is -0.295 e. The average molecular weight is 326 g/mol. The van der Waals surface area contributed by atoms with Crippen molar-refractivity contribution in [2.75, 3.05) is 6.54 Å². The van der Waals surface area contributed by atoms with Crippen LogP contribution in [0.25, 0.3) is 5.69 Å². The summed E-state index contributed by atoms with van der Waals surface area (Å²) in [5, 5.41) is 8.33. The second-order valence-electron chi connectivity index (χ2n) is 6.18. The Morgan fingerprint density at radius 1 is 1.25 bits per heavy atom. The fourth-order valence-corrected chi connectivity index (χ4v) is 3.31. The van der Waals surface area contributed by atoms with Crippen molar-refractivity contribution < 1.29 is 4.39 Å². The zero-order chi connectivity index (χ0) is 16.5. The first kappa shape index (κ1) is 15.0. The summed E-state index contributed by atoms with van der Waals surface area (Å²) in [5.74, 6) is -0.283. The predicted octanol–water partition coefficient (Wildman–Crippen LogP) is 2.09. The molecule has 0 bridgehead atoms. The number of fused-ring (bicyclic) bond motifs is 1. The zero-order valence-electron chi connectivity index (χ0n) is 13.6. The lowest BCUT2D eigenvalue weighted by Crippen LogP contribution is -2.22. The molecule has 24 heavy (non-hydrogen) atoms. The van der Waals surface area contributed by atoms with Gasteiger partial charge in [0, 0.05) is 31.4 Å². The zero-order valence-corrected chi connectivity index (χ0v) is 13.6. The van der Waals surface area contributed by atoms with Gasteiger partial charge in [0.15, 0.2) is 0 Å². The van der Waals surface area contributed by atoms with Gasteiger partial charge in [0.05, 0.1) is 6.20 Å². The van der Waals surface area contributed by atoms with Gasteiger partial charge in [-0.05, 0) is 37.1 Å². The summed E-state index contributed by atoms with van der Waals surface area (Å²) in [5.41, 5.74) is 3.96. The molecule has 0 fully saturated rings. The van der Waals surface area contributed by atoms with Gasteiger partial charge < -0.3 is 0 Å². The van der Waals surface area contributed by atoms with E-state index in [4.69, 9.17) is 0 Å². The highest BCUT2D eigenvalue weighted by atomic mass is 19.1. The number of rotatable bonds is 3. The first-order valence-electron chi connectivity index (χ1n) is 8.06. The molecule has 7 heteroatoms. The highest BCUT2D eigenvalue weighted by molar-refractivity contribution is 5.35. The number of hydrogen-bond acceptors (Lipinski definition) is 4. The Kier molecular flexibility index (Phi) is 3.86. The van der Waals surface area contributed by atoms with Crippen molar-refractivity contribution in [3.8, 4) is 5.69 Å². The van der Waals surface area contributed by atoms with Crippen LogP contribution in [0.4, 0.5) is 4.39 Å². The van der Waals surface area contributed by atoms with Crippen LogP contribution < -0.4 is 0 Å². The van der Waals surface area contributed by atoms with Crippen LogP contribution in [-0.4, -0.2) is 36.0 Å². The molecular formula is C17H19FN6. The minimum atomic E-state index is -0.283. The average Bonchev–Trinajstić information content (AvgIpc) is 3.15. The molecule has 0 saturated heterocycles. The third-order valence-corrected chi connectivity index (χ3v) is 4.51. The molecule has 0 aliphatic carbocycles. The lowest BCUT2D eigenvalue weighted by Gasteiger charge is -2.20. The lowest BCUT2D eigenvalue weighted by molar-refractivity contribution is 0.260. The predicted molar refractivity (Wildman–Crippen MR) is 87.0 cm³/mol. The first-order valence-corrected chi connectivity index (χ1v) is 8.06. The van der Waals surface area contributed by atoms with E-state index in [-0.39, 0.29) is 5.82 Å². The molecule has 3 aromatic rings. The van der Waals surface area contributed by atoms with Crippen molar-refractivity contribution >= 4 is 0 Å². The highest BCUT2D eigenvalue weighted by Gasteiger charge is 2.18. The summed E-state index contributed by atoms with van der Waals surface area (Å²) < 4.78 is 17.8. The minimum absolute atomic E-state index is 0.283. The number of hydrogen-bond donors (Lipinski definition) is 0. The van der Waals surface area contributed by atoms with E-state index in [0.717, 1.165) is 38.0 Å². The van der Waals surface area contributed by atoms with E-state index in [1.54, 1.807) is 12.1 Å². The largest absolute Gasteiger partial charge is 0.295 e. The molecule has 0 unspecified atom stereocenters. The summed E-state index contributed by atoms with van der Waals surface area (Å²) in [6.07, 6.45) is 6.98. The summed E-state index contributed by atoms with van der Waals surface area (Å²) >= 11 is 0. The standard InChI is InChI=1S/C17H19FN6/c1-22-16-3-2-6-23(10-14(16)8-20-22)9-13-4-5-17(15(18)7-13)24-12-19-11-21-24/h4-5,7-8,11-12H,2-3,6,9-10H2,1H3. The van der Waals surface area contributed by atoms with Gasteiger partial charge in [0.2, 0.25) is 0 Å². The van der Waals surface area contributed by atoms with Crippen LogP contribution in [0.2, 0.25) is 0 Å². The molecule has 0 amide bonds. The summed E-state index contributed by atoms with van der Waals surface area (Å²) in [6.45, 7) is 2.58. The van der Waals surface area contributed by atoms with Gasteiger partial charge in [-0.3, -0.25) is 9.58 Å². The van der Waals surface area contributed by atoms with E-state index >= 15 is 0 Å². The molecule has 6 nitrogen and oxygen atoms in total. The monoisotopic (exact) mass is 326 g/mol. The Bertz CT molecular complexity index is 839. The molecule has 124 valence electrons. The molecule has 1 aliphatic heterocycles. The normalized spacial score (nSPS) is 15.2. The van der Waals surface area contributed by atoms with Crippen LogP contribution in [-0.2, 0) is 26.6 Å². The van der Waals surface area contributed by atoms with E-state index in [9.17, 15) is 4.39 Å². The fraction of sp³-hybridized carbons (Fsp3) is 0.353. The van der Waals surface area contributed by atoms with Gasteiger partial charge in [-0.1, -0.05) is 6.07 Å². The molecule has 2 aromatic heterocycles. The number of nitrogens with zero attached hydrogens (tertiary/aromatic N) is 6. The van der Waals surface area contributed by atoms with Crippen molar-refractivity contribution in [3.63, 3.8) is 0 Å². The second-order valence-corrected chi connectivity index (χ2v) is 6.18. The van der Waals surface area contributed by atoms with E-state index in [1.807, 2.05) is 24.0 Å². The van der Waals surface area contributed by atoms with Crippen LogP contribution in [0.1, 0.15) is 23.2 Å². The molecule has 3 heterocycles. The van der Waals surface area contributed by atoms with E-state index in [0.29, 0.717) is 5.69 Å². The Morgan fingerprint density at radius 2 is 2.17 bits per heavy atom. The van der Waals surface area contributed by atoms with Gasteiger partial charge >= 0.3 is 0 Å². The Morgan fingerprint density at radius 3 is 2.96 bits per heavy atom. The maximum atomic E-state index is 14.4. The number of aryl methyl sites for hydroxylation is 1. The molecule has 1 aromatic carbocycles. The molecule has 0 atom stereocenters. The maximum Gasteiger partial charge on any atom is 0.149 e. The molecule has 0 spiro atoms. The topological polar surface area (TPSA) is 51.8 Å². The van der Waals surface area contributed by atoms with Crippen molar-refractivity contribution in [3.05, 3.63) is 59.7 Å². The van der Waals surface area contributed by atoms with Gasteiger partial charge in [0.25, 0.3) is 0 Å². The fourth-order valence-electron chi connectivity index (χ4n) is 3.31. The van der Waals surface area contributed by atoms with Gasteiger partial charge in [-0.15, -0.1) is 0 Å². The second kappa shape index (κ2) is 6.16. The Balaban J connectivity index is 1.52.